The van der Waals surface area contributed by atoms with E-state index >= 15 is 0 Å². The SMILES string of the molecule is CC[C@H](CO)Nc1c(/C=C2/N(C)c3ccccc3C2(C)C)c(=O)c1=O. The number of hydrogen-bond donors (Lipinski definition) is 2. The summed E-state index contributed by atoms with van der Waals surface area (Å²) in [7, 11) is 1.97. The summed E-state index contributed by atoms with van der Waals surface area (Å²) in [5, 5.41) is 12.4. The maximum atomic E-state index is 12.1. The average molecular weight is 340 g/mol. The van der Waals surface area contributed by atoms with E-state index in [9.17, 15) is 14.7 Å². The molecule has 0 unspecified atom stereocenters. The Morgan fingerprint density at radius 2 is 1.92 bits per heavy atom. The second kappa shape index (κ2) is 6.15. The van der Waals surface area contributed by atoms with Gasteiger partial charge in [-0.3, -0.25) is 9.59 Å². The molecule has 0 bridgehead atoms. The zero-order valence-corrected chi connectivity index (χ0v) is 15.1. The van der Waals surface area contributed by atoms with Gasteiger partial charge in [-0.2, -0.15) is 0 Å². The number of nitrogens with one attached hydrogen (secondary N) is 1. The summed E-state index contributed by atoms with van der Waals surface area (Å²) in [5.41, 5.74) is 2.76. The standard InChI is InChI=1S/C20H24N2O3/c1-5-12(11-23)21-17-13(18(24)19(17)25)10-16-20(2,3)14-8-6-7-9-15(14)22(16)4/h6-10,12,21,23H,5,11H2,1-4H3/b16-10+/t12-/m1/s1. The van der Waals surface area contributed by atoms with Crippen LogP contribution >= 0.6 is 0 Å². The minimum atomic E-state index is -0.505. The van der Waals surface area contributed by atoms with Crippen molar-refractivity contribution in [2.45, 2.75) is 38.6 Å². The number of fused-ring (bicyclic) bond motifs is 1. The first-order chi connectivity index (χ1) is 11.8. The maximum absolute atomic E-state index is 12.1. The molecule has 1 aliphatic heterocycles. The highest BCUT2D eigenvalue weighted by Gasteiger charge is 2.39. The Bertz CT molecular complexity index is 900. The van der Waals surface area contributed by atoms with Gasteiger partial charge in [0.1, 0.15) is 0 Å². The number of aliphatic hydroxyl groups is 1. The Labute approximate surface area is 147 Å². The lowest BCUT2D eigenvalue weighted by atomic mass is 9.83. The molecule has 1 atom stereocenters. The summed E-state index contributed by atoms with van der Waals surface area (Å²) >= 11 is 0. The molecule has 0 saturated heterocycles. The Kier molecular flexibility index (Phi) is 4.29. The van der Waals surface area contributed by atoms with Gasteiger partial charge in [0.25, 0.3) is 0 Å². The number of hydrogen-bond acceptors (Lipinski definition) is 5. The third-order valence-corrected chi connectivity index (χ3v) is 5.23. The highest BCUT2D eigenvalue weighted by Crippen LogP contribution is 2.47. The van der Waals surface area contributed by atoms with Gasteiger partial charge < -0.3 is 15.3 Å². The molecule has 0 aromatic heterocycles. The molecule has 0 aliphatic carbocycles. The number of para-hydroxylation sites is 1. The zero-order valence-electron chi connectivity index (χ0n) is 15.1. The van der Waals surface area contributed by atoms with Gasteiger partial charge in [0.05, 0.1) is 17.9 Å². The summed E-state index contributed by atoms with van der Waals surface area (Å²) in [5.74, 6) is 0. The van der Waals surface area contributed by atoms with Crippen LogP contribution in [0.4, 0.5) is 11.4 Å². The Hall–Kier alpha value is -2.40. The van der Waals surface area contributed by atoms with Crippen LogP contribution in [0.1, 0.15) is 38.3 Å². The van der Waals surface area contributed by atoms with Gasteiger partial charge in [-0.15, -0.1) is 0 Å². The van der Waals surface area contributed by atoms with Gasteiger partial charge >= 0.3 is 0 Å². The monoisotopic (exact) mass is 340 g/mol. The molecule has 0 amide bonds. The van der Waals surface area contributed by atoms with E-state index in [2.05, 4.69) is 36.2 Å². The number of benzene rings is 1. The normalized spacial score (nSPS) is 18.6. The first kappa shape index (κ1) is 17.4. The van der Waals surface area contributed by atoms with Crippen LogP contribution in [0.5, 0.6) is 0 Å². The highest BCUT2D eigenvalue weighted by atomic mass is 16.3. The molecule has 132 valence electrons. The number of allylic oxidation sites excluding steroid dienone is 1. The van der Waals surface area contributed by atoms with Crippen LogP contribution in [0, 0.1) is 0 Å². The molecular weight excluding hydrogens is 316 g/mol. The van der Waals surface area contributed by atoms with Crippen LogP contribution < -0.4 is 21.1 Å². The third kappa shape index (κ3) is 2.59. The van der Waals surface area contributed by atoms with Crippen LogP contribution in [-0.2, 0) is 5.41 Å². The van der Waals surface area contributed by atoms with E-state index in [1.807, 2.05) is 32.2 Å². The van der Waals surface area contributed by atoms with E-state index in [1.54, 1.807) is 0 Å². The van der Waals surface area contributed by atoms with E-state index < -0.39 is 10.9 Å². The summed E-state index contributed by atoms with van der Waals surface area (Å²) in [4.78, 5) is 26.2. The van der Waals surface area contributed by atoms with Crippen LogP contribution in [0.25, 0.3) is 6.08 Å². The molecule has 5 heteroatoms. The van der Waals surface area contributed by atoms with E-state index in [0.29, 0.717) is 17.7 Å². The minimum Gasteiger partial charge on any atom is -0.394 e. The van der Waals surface area contributed by atoms with Crippen molar-refractivity contribution >= 4 is 17.5 Å². The lowest BCUT2D eigenvalue weighted by Crippen LogP contribution is -2.40. The highest BCUT2D eigenvalue weighted by molar-refractivity contribution is 5.80. The predicted molar refractivity (Wildman–Crippen MR) is 102 cm³/mol. The quantitative estimate of drug-likeness (QED) is 0.817. The maximum Gasteiger partial charge on any atom is 0.250 e. The zero-order chi connectivity index (χ0) is 18.4. The predicted octanol–water partition coefficient (Wildman–Crippen LogP) is 2.23. The van der Waals surface area contributed by atoms with Crippen molar-refractivity contribution in [3.63, 3.8) is 0 Å². The average Bonchev–Trinajstić information content (AvgIpc) is 2.81. The Balaban J connectivity index is 2.04. The molecule has 0 fully saturated rings. The fourth-order valence-corrected chi connectivity index (χ4v) is 3.57. The molecule has 2 aromatic carbocycles. The summed E-state index contributed by atoms with van der Waals surface area (Å²) in [6, 6.07) is 7.91. The van der Waals surface area contributed by atoms with Crippen molar-refractivity contribution in [1.29, 1.82) is 0 Å². The van der Waals surface area contributed by atoms with Gasteiger partial charge in [-0.1, -0.05) is 39.0 Å². The van der Waals surface area contributed by atoms with E-state index in [-0.39, 0.29) is 18.1 Å². The number of nitrogens with zero attached hydrogens (tertiary/aromatic N) is 1. The first-order valence-corrected chi connectivity index (χ1v) is 8.59. The molecule has 2 aromatic rings. The van der Waals surface area contributed by atoms with E-state index in [4.69, 9.17) is 0 Å². The Morgan fingerprint density at radius 3 is 2.52 bits per heavy atom. The molecule has 1 heterocycles. The minimum absolute atomic E-state index is 0.0812. The molecule has 25 heavy (non-hydrogen) atoms. The fourth-order valence-electron chi connectivity index (χ4n) is 3.57. The largest absolute Gasteiger partial charge is 0.394 e. The Morgan fingerprint density at radius 1 is 1.24 bits per heavy atom. The molecule has 2 N–H and O–H groups in total. The van der Waals surface area contributed by atoms with Crippen LogP contribution in [0.3, 0.4) is 0 Å². The lowest BCUT2D eigenvalue weighted by molar-refractivity contribution is 0.271. The van der Waals surface area contributed by atoms with Crippen molar-refractivity contribution < 1.29 is 5.11 Å². The molecule has 0 spiro atoms. The van der Waals surface area contributed by atoms with E-state index in [0.717, 1.165) is 11.4 Å². The number of likely N-dealkylation sites (N-methyl/N-ethyl adjacent to an activating group) is 1. The summed E-state index contributed by atoms with van der Waals surface area (Å²) < 4.78 is 0. The molecular formula is C20H24N2O3. The van der Waals surface area contributed by atoms with E-state index in [1.165, 1.54) is 5.56 Å². The molecule has 5 nitrogen and oxygen atoms in total. The number of rotatable bonds is 5. The smallest absolute Gasteiger partial charge is 0.250 e. The van der Waals surface area contributed by atoms with Crippen LogP contribution in [0.2, 0.25) is 0 Å². The van der Waals surface area contributed by atoms with Crippen molar-refractivity contribution in [2.24, 2.45) is 0 Å². The molecule has 3 rings (SSSR count). The third-order valence-electron chi connectivity index (χ3n) is 5.23. The van der Waals surface area contributed by atoms with Crippen LogP contribution in [-0.4, -0.2) is 24.8 Å². The van der Waals surface area contributed by atoms with Crippen LogP contribution in [0.15, 0.2) is 39.6 Å². The van der Waals surface area contributed by atoms with Gasteiger partial charge in [-0.05, 0) is 24.1 Å². The summed E-state index contributed by atoms with van der Waals surface area (Å²) in [6.07, 6.45) is 2.48. The van der Waals surface area contributed by atoms with Crippen molar-refractivity contribution in [3.05, 3.63) is 61.5 Å². The topological polar surface area (TPSA) is 69.6 Å². The first-order valence-electron chi connectivity index (χ1n) is 8.59. The molecule has 0 radical (unpaired) electrons. The van der Waals surface area contributed by atoms with Gasteiger partial charge in [0, 0.05) is 29.9 Å². The molecule has 1 aliphatic rings. The second-order valence-electron chi connectivity index (χ2n) is 7.11. The number of aliphatic hydroxyl groups excluding tert-OH is 1. The lowest BCUT2D eigenvalue weighted by Gasteiger charge is -2.25. The second-order valence-corrected chi connectivity index (χ2v) is 7.11. The van der Waals surface area contributed by atoms with Gasteiger partial charge in [0.2, 0.25) is 10.9 Å². The van der Waals surface area contributed by atoms with Crippen molar-refractivity contribution in [1.82, 2.24) is 0 Å². The molecule has 0 saturated carbocycles. The summed E-state index contributed by atoms with van der Waals surface area (Å²) in [6.45, 7) is 6.06. The van der Waals surface area contributed by atoms with Gasteiger partial charge in [-0.25, -0.2) is 0 Å². The van der Waals surface area contributed by atoms with Crippen molar-refractivity contribution in [3.8, 4) is 0 Å². The van der Waals surface area contributed by atoms with Gasteiger partial charge in [0.15, 0.2) is 0 Å². The number of anilines is 2. The van der Waals surface area contributed by atoms with Crippen molar-refractivity contribution in [2.75, 3.05) is 23.9 Å². The fraction of sp³-hybridized carbons (Fsp3) is 0.400.